The molecule has 1 unspecified atom stereocenters. The molecule has 0 spiro atoms. The van der Waals surface area contributed by atoms with Crippen LogP contribution in [0.15, 0.2) is 0 Å². The predicted molar refractivity (Wildman–Crippen MR) is 59.2 cm³/mol. The van der Waals surface area contributed by atoms with E-state index in [-0.39, 0.29) is 12.2 Å². The van der Waals surface area contributed by atoms with E-state index >= 15 is 0 Å². The van der Waals surface area contributed by atoms with Crippen LogP contribution < -0.4 is 0 Å². The first-order valence-corrected chi connectivity index (χ1v) is 5.19. The number of carbonyl (C=O) groups excluding carboxylic acids is 1. The van der Waals surface area contributed by atoms with Crippen LogP contribution in [0.25, 0.3) is 0 Å². The molecule has 0 fully saturated rings. The van der Waals surface area contributed by atoms with Crippen molar-refractivity contribution in [1.29, 1.82) is 0 Å². The molecular weight excluding hydrogens is 212 g/mol. The molecule has 5 heteroatoms. The van der Waals surface area contributed by atoms with E-state index < -0.39 is 11.6 Å². The number of esters is 1. The van der Waals surface area contributed by atoms with Crippen molar-refractivity contribution in [1.82, 2.24) is 0 Å². The van der Waals surface area contributed by atoms with Gasteiger partial charge in [-0.05, 0) is 27.2 Å². The summed E-state index contributed by atoms with van der Waals surface area (Å²) in [6, 6.07) is 0. The summed E-state index contributed by atoms with van der Waals surface area (Å²) in [4.78, 5) is 11.1. The van der Waals surface area contributed by atoms with Gasteiger partial charge >= 0.3 is 5.97 Å². The highest BCUT2D eigenvalue weighted by molar-refractivity contribution is 5.78. The molecule has 0 aromatic rings. The van der Waals surface area contributed by atoms with Crippen LogP contribution in [-0.4, -0.2) is 49.7 Å². The number of methoxy groups -OCH3 is 2. The maximum absolute atomic E-state index is 11.1. The predicted octanol–water partition coefficient (Wildman–Crippen LogP) is 0.742. The summed E-state index contributed by atoms with van der Waals surface area (Å²) in [5.41, 5.74) is -1.86. The summed E-state index contributed by atoms with van der Waals surface area (Å²) in [5, 5.41) is 9.64. The quantitative estimate of drug-likeness (QED) is 0.520. The highest BCUT2D eigenvalue weighted by Gasteiger charge is 2.31. The van der Waals surface area contributed by atoms with Gasteiger partial charge in [0.15, 0.2) is 5.60 Å². The Kier molecular flexibility index (Phi) is 5.92. The minimum Gasteiger partial charge on any atom is -0.467 e. The molecule has 0 rings (SSSR count). The van der Waals surface area contributed by atoms with Crippen molar-refractivity contribution in [3.05, 3.63) is 0 Å². The van der Waals surface area contributed by atoms with Crippen LogP contribution in [0.2, 0.25) is 0 Å². The van der Waals surface area contributed by atoms with Crippen LogP contribution in [0.5, 0.6) is 0 Å². The minimum atomic E-state index is -1.59. The smallest absolute Gasteiger partial charge is 0.339 e. The maximum atomic E-state index is 11.1. The normalized spacial score (nSPS) is 15.6. The first kappa shape index (κ1) is 15.3. The molecule has 0 heterocycles. The van der Waals surface area contributed by atoms with Crippen molar-refractivity contribution in [3.8, 4) is 0 Å². The van der Waals surface area contributed by atoms with Gasteiger partial charge in [-0.1, -0.05) is 0 Å². The number of hydrogen-bond donors (Lipinski definition) is 1. The van der Waals surface area contributed by atoms with E-state index in [0.717, 1.165) is 0 Å². The van der Waals surface area contributed by atoms with Crippen LogP contribution >= 0.6 is 0 Å². The fourth-order valence-electron chi connectivity index (χ4n) is 0.970. The highest BCUT2D eigenvalue weighted by Crippen LogP contribution is 2.13. The molecule has 0 aromatic carbocycles. The lowest BCUT2D eigenvalue weighted by Gasteiger charge is -2.24. The summed E-state index contributed by atoms with van der Waals surface area (Å²) in [7, 11) is 2.86. The number of hydrogen-bond acceptors (Lipinski definition) is 5. The number of aliphatic hydroxyl groups is 1. The molecule has 5 nitrogen and oxygen atoms in total. The lowest BCUT2D eigenvalue weighted by Crippen LogP contribution is -2.41. The Morgan fingerprint density at radius 2 is 1.81 bits per heavy atom. The van der Waals surface area contributed by atoms with E-state index in [1.54, 1.807) is 7.11 Å². The molecule has 1 N–H and O–H groups in total. The van der Waals surface area contributed by atoms with E-state index in [2.05, 4.69) is 4.74 Å². The third-order valence-corrected chi connectivity index (χ3v) is 2.41. The second kappa shape index (κ2) is 6.18. The lowest BCUT2D eigenvalue weighted by molar-refractivity contribution is -0.166. The van der Waals surface area contributed by atoms with E-state index in [4.69, 9.17) is 9.47 Å². The summed E-state index contributed by atoms with van der Waals surface area (Å²) < 4.78 is 14.9. The monoisotopic (exact) mass is 234 g/mol. The molecule has 0 aliphatic rings. The Balaban J connectivity index is 3.86. The molecule has 96 valence electrons. The van der Waals surface area contributed by atoms with Gasteiger partial charge < -0.3 is 19.3 Å². The largest absolute Gasteiger partial charge is 0.467 e. The van der Waals surface area contributed by atoms with Crippen molar-refractivity contribution in [3.63, 3.8) is 0 Å². The molecule has 0 aliphatic carbocycles. The van der Waals surface area contributed by atoms with Gasteiger partial charge in [-0.3, -0.25) is 0 Å². The molecule has 16 heavy (non-hydrogen) atoms. The molecule has 0 bridgehead atoms. The Morgan fingerprint density at radius 3 is 2.25 bits per heavy atom. The van der Waals surface area contributed by atoms with E-state index in [9.17, 15) is 9.90 Å². The van der Waals surface area contributed by atoms with E-state index in [1.807, 2.05) is 13.8 Å². The summed E-state index contributed by atoms with van der Waals surface area (Å²) >= 11 is 0. The Morgan fingerprint density at radius 1 is 1.25 bits per heavy atom. The fourth-order valence-corrected chi connectivity index (χ4v) is 0.970. The minimum absolute atomic E-state index is 0.0839. The van der Waals surface area contributed by atoms with Crippen molar-refractivity contribution >= 4 is 5.97 Å². The van der Waals surface area contributed by atoms with Crippen LogP contribution in [0.3, 0.4) is 0 Å². The van der Waals surface area contributed by atoms with Gasteiger partial charge in [-0.15, -0.1) is 0 Å². The number of carbonyl (C=O) groups is 1. The Bertz CT molecular complexity index is 222. The zero-order valence-electron chi connectivity index (χ0n) is 10.7. The van der Waals surface area contributed by atoms with Crippen molar-refractivity contribution < 1.29 is 24.1 Å². The number of ether oxygens (including phenoxy) is 3. The van der Waals surface area contributed by atoms with Gasteiger partial charge in [0.1, 0.15) is 0 Å². The van der Waals surface area contributed by atoms with Crippen molar-refractivity contribution in [2.45, 2.75) is 38.4 Å². The van der Waals surface area contributed by atoms with Gasteiger partial charge in [0, 0.05) is 13.7 Å². The number of rotatable bonds is 7. The topological polar surface area (TPSA) is 65.0 Å². The van der Waals surface area contributed by atoms with Gasteiger partial charge in [0.25, 0.3) is 0 Å². The Labute approximate surface area is 96.7 Å². The van der Waals surface area contributed by atoms with Crippen LogP contribution in [0.4, 0.5) is 0 Å². The maximum Gasteiger partial charge on any atom is 0.339 e. The molecule has 0 saturated heterocycles. The molecule has 0 saturated carbocycles. The van der Waals surface area contributed by atoms with Crippen molar-refractivity contribution in [2.24, 2.45) is 0 Å². The summed E-state index contributed by atoms with van der Waals surface area (Å²) in [6.07, 6.45) is 0.681. The molecule has 0 aromatic heterocycles. The molecular formula is C11H22O5. The van der Waals surface area contributed by atoms with Gasteiger partial charge in [-0.25, -0.2) is 4.79 Å². The van der Waals surface area contributed by atoms with Gasteiger partial charge in [0.2, 0.25) is 0 Å². The third-order valence-electron chi connectivity index (χ3n) is 2.41. The van der Waals surface area contributed by atoms with E-state index in [1.165, 1.54) is 14.0 Å². The summed E-state index contributed by atoms with van der Waals surface area (Å²) in [6.45, 7) is 5.57. The molecule has 0 aliphatic heterocycles. The second-order valence-corrected chi connectivity index (χ2v) is 4.53. The first-order valence-electron chi connectivity index (χ1n) is 5.19. The third kappa shape index (κ3) is 5.44. The molecule has 1 atom stereocenters. The standard InChI is InChI=1S/C11H22O5/c1-10(2,15-5)6-7-16-8-11(3,13)9(12)14-4/h13H,6-8H2,1-5H3. The van der Waals surface area contributed by atoms with Gasteiger partial charge in [-0.2, -0.15) is 0 Å². The van der Waals surface area contributed by atoms with Crippen LogP contribution in [0, 0.1) is 0 Å². The average molecular weight is 234 g/mol. The van der Waals surface area contributed by atoms with Crippen molar-refractivity contribution in [2.75, 3.05) is 27.4 Å². The first-order chi connectivity index (χ1) is 7.25. The van der Waals surface area contributed by atoms with Crippen LogP contribution in [0.1, 0.15) is 27.2 Å². The summed E-state index contributed by atoms with van der Waals surface area (Å²) in [5.74, 6) is -0.696. The van der Waals surface area contributed by atoms with Gasteiger partial charge in [0.05, 0.1) is 19.3 Å². The van der Waals surface area contributed by atoms with Crippen LogP contribution in [-0.2, 0) is 19.0 Å². The molecule has 0 radical (unpaired) electrons. The lowest BCUT2D eigenvalue weighted by atomic mass is 10.1. The fraction of sp³-hybridized carbons (Fsp3) is 0.909. The Hall–Kier alpha value is -0.650. The average Bonchev–Trinajstić information content (AvgIpc) is 2.23. The molecule has 0 amide bonds. The SMILES string of the molecule is COC(=O)C(C)(O)COCCC(C)(C)OC. The second-order valence-electron chi connectivity index (χ2n) is 4.53. The zero-order valence-corrected chi connectivity index (χ0v) is 10.7. The van der Waals surface area contributed by atoms with E-state index in [0.29, 0.717) is 13.0 Å². The zero-order chi connectivity index (χ0) is 12.8. The highest BCUT2D eigenvalue weighted by atomic mass is 16.6.